The van der Waals surface area contributed by atoms with Crippen molar-refractivity contribution in [1.82, 2.24) is 14.3 Å². The highest BCUT2D eigenvalue weighted by Crippen LogP contribution is 2.34. The summed E-state index contributed by atoms with van der Waals surface area (Å²) in [6, 6.07) is 3.84. The predicted octanol–water partition coefficient (Wildman–Crippen LogP) is 1.99. The number of rotatable bonds is 3. The van der Waals surface area contributed by atoms with Gasteiger partial charge in [0.05, 0.1) is 30.9 Å². The van der Waals surface area contributed by atoms with Crippen molar-refractivity contribution in [2.24, 2.45) is 5.92 Å². The Labute approximate surface area is 141 Å². The summed E-state index contributed by atoms with van der Waals surface area (Å²) >= 11 is 0. The van der Waals surface area contributed by atoms with Gasteiger partial charge in [0.15, 0.2) is 0 Å². The van der Waals surface area contributed by atoms with Crippen LogP contribution in [0, 0.1) is 5.92 Å². The number of methoxy groups -OCH3 is 1. The van der Waals surface area contributed by atoms with Crippen molar-refractivity contribution in [1.29, 1.82) is 0 Å². The Balaban J connectivity index is 1.60. The monoisotopic (exact) mass is 329 g/mol. The van der Waals surface area contributed by atoms with Gasteiger partial charge in [-0.05, 0) is 25.0 Å². The van der Waals surface area contributed by atoms with E-state index in [-0.39, 0.29) is 18.1 Å². The van der Waals surface area contributed by atoms with E-state index >= 15 is 0 Å². The summed E-state index contributed by atoms with van der Waals surface area (Å²) in [5, 5.41) is 0. The van der Waals surface area contributed by atoms with E-state index in [1.807, 2.05) is 33.8 Å². The van der Waals surface area contributed by atoms with Crippen LogP contribution in [0.1, 0.15) is 29.6 Å². The first-order valence-corrected chi connectivity index (χ1v) is 8.62. The molecule has 2 aliphatic rings. The molecule has 1 amide bonds. The number of morpholine rings is 1. The highest BCUT2D eigenvalue weighted by atomic mass is 16.5. The number of aromatic nitrogens is 2. The van der Waals surface area contributed by atoms with Crippen molar-refractivity contribution in [3.05, 3.63) is 36.3 Å². The lowest BCUT2D eigenvalue weighted by atomic mass is 9.93. The minimum atomic E-state index is 0.0700. The first-order valence-electron chi connectivity index (χ1n) is 8.62. The minimum Gasteiger partial charge on any atom is -0.381 e. The van der Waals surface area contributed by atoms with Crippen LogP contribution in [0.2, 0.25) is 0 Å². The van der Waals surface area contributed by atoms with Gasteiger partial charge in [-0.3, -0.25) is 4.79 Å². The molecule has 6 heteroatoms. The minimum absolute atomic E-state index is 0.0700. The Morgan fingerprint density at radius 3 is 3.17 bits per heavy atom. The molecule has 1 saturated heterocycles. The maximum absolute atomic E-state index is 13.1. The molecule has 0 unspecified atom stereocenters. The summed E-state index contributed by atoms with van der Waals surface area (Å²) in [6.07, 6.45) is 9.01. The number of pyridine rings is 1. The van der Waals surface area contributed by atoms with Gasteiger partial charge in [-0.25, -0.2) is 4.98 Å². The Morgan fingerprint density at radius 1 is 1.38 bits per heavy atom. The van der Waals surface area contributed by atoms with Crippen molar-refractivity contribution in [2.75, 3.05) is 26.9 Å². The predicted molar refractivity (Wildman–Crippen MR) is 89.0 cm³/mol. The zero-order valence-electron chi connectivity index (χ0n) is 13.9. The lowest BCUT2D eigenvalue weighted by Crippen LogP contribution is -2.53. The number of fused-ring (bicyclic) bond motifs is 1. The molecule has 1 saturated carbocycles. The van der Waals surface area contributed by atoms with E-state index in [1.54, 1.807) is 13.3 Å². The van der Waals surface area contributed by atoms with E-state index in [2.05, 4.69) is 4.98 Å². The Hall–Kier alpha value is -1.92. The second-order valence-electron chi connectivity index (χ2n) is 6.62. The molecule has 1 aliphatic heterocycles. The molecule has 1 aliphatic carbocycles. The van der Waals surface area contributed by atoms with Gasteiger partial charge < -0.3 is 18.8 Å². The molecule has 2 aromatic rings. The standard InChI is InChI=1S/C18H23N3O3/c1-23-16-4-2-3-14(16)15-12-24-10-9-21(15)18(22)13-5-6-17-19-7-8-20(17)11-13/h5-8,11,14-16H,2-4,9-10,12H2,1H3/t14-,15+,16-/m1/s1. The van der Waals surface area contributed by atoms with Crippen molar-refractivity contribution in [3.63, 3.8) is 0 Å². The van der Waals surface area contributed by atoms with Crippen molar-refractivity contribution >= 4 is 11.6 Å². The first kappa shape index (κ1) is 15.6. The molecule has 3 heterocycles. The van der Waals surface area contributed by atoms with Crippen LogP contribution >= 0.6 is 0 Å². The largest absolute Gasteiger partial charge is 0.381 e. The van der Waals surface area contributed by atoms with Crippen LogP contribution in [0.15, 0.2) is 30.7 Å². The molecular formula is C18H23N3O3. The number of nitrogens with zero attached hydrogens (tertiary/aromatic N) is 3. The number of hydrogen-bond acceptors (Lipinski definition) is 4. The summed E-state index contributed by atoms with van der Waals surface area (Å²) in [5.74, 6) is 0.428. The zero-order valence-corrected chi connectivity index (χ0v) is 13.9. The normalized spacial score (nSPS) is 27.7. The average molecular weight is 329 g/mol. The van der Waals surface area contributed by atoms with Crippen LogP contribution in [-0.2, 0) is 9.47 Å². The fraction of sp³-hybridized carbons (Fsp3) is 0.556. The SMILES string of the molecule is CO[C@@H]1CCC[C@@H]1[C@@H]1COCCN1C(=O)c1ccc2nccn2c1. The van der Waals surface area contributed by atoms with E-state index < -0.39 is 0 Å². The van der Waals surface area contributed by atoms with Crippen LogP contribution in [-0.4, -0.2) is 59.2 Å². The number of amides is 1. The third-order valence-electron chi connectivity index (χ3n) is 5.36. The van der Waals surface area contributed by atoms with Crippen LogP contribution < -0.4 is 0 Å². The van der Waals surface area contributed by atoms with Crippen LogP contribution in [0.25, 0.3) is 5.65 Å². The molecule has 0 aromatic carbocycles. The van der Waals surface area contributed by atoms with Gasteiger partial charge in [0.25, 0.3) is 5.91 Å². The summed E-state index contributed by atoms with van der Waals surface area (Å²) in [4.78, 5) is 19.3. The molecule has 0 bridgehead atoms. The highest BCUT2D eigenvalue weighted by molar-refractivity contribution is 5.94. The molecule has 4 rings (SSSR count). The molecule has 128 valence electrons. The van der Waals surface area contributed by atoms with Gasteiger partial charge in [-0.1, -0.05) is 6.42 Å². The molecule has 2 fully saturated rings. The molecular weight excluding hydrogens is 306 g/mol. The van der Waals surface area contributed by atoms with Crippen molar-refractivity contribution in [2.45, 2.75) is 31.4 Å². The van der Waals surface area contributed by atoms with Crippen molar-refractivity contribution < 1.29 is 14.3 Å². The quantitative estimate of drug-likeness (QED) is 0.864. The van der Waals surface area contributed by atoms with Crippen LogP contribution in [0.5, 0.6) is 0 Å². The van der Waals surface area contributed by atoms with E-state index in [4.69, 9.17) is 9.47 Å². The maximum atomic E-state index is 13.1. The molecule has 0 N–H and O–H groups in total. The van der Waals surface area contributed by atoms with E-state index in [9.17, 15) is 4.79 Å². The van der Waals surface area contributed by atoms with E-state index in [0.29, 0.717) is 31.2 Å². The van der Waals surface area contributed by atoms with Gasteiger partial charge in [0.2, 0.25) is 0 Å². The molecule has 6 nitrogen and oxygen atoms in total. The van der Waals surface area contributed by atoms with Crippen LogP contribution in [0.4, 0.5) is 0 Å². The third-order valence-corrected chi connectivity index (χ3v) is 5.36. The molecule has 24 heavy (non-hydrogen) atoms. The average Bonchev–Trinajstić information content (AvgIpc) is 3.29. The Kier molecular flexibility index (Phi) is 4.24. The number of ether oxygens (including phenoxy) is 2. The second kappa shape index (κ2) is 6.53. The van der Waals surface area contributed by atoms with E-state index in [1.165, 1.54) is 0 Å². The van der Waals surface area contributed by atoms with Crippen molar-refractivity contribution in [3.8, 4) is 0 Å². The van der Waals surface area contributed by atoms with Gasteiger partial charge in [0.1, 0.15) is 5.65 Å². The summed E-state index contributed by atoms with van der Waals surface area (Å²) in [5.41, 5.74) is 1.54. The van der Waals surface area contributed by atoms with Gasteiger partial charge in [0, 0.05) is 38.2 Å². The molecule has 0 spiro atoms. The fourth-order valence-electron chi connectivity index (χ4n) is 4.13. The first-order chi connectivity index (χ1) is 11.8. The summed E-state index contributed by atoms with van der Waals surface area (Å²) in [6.45, 7) is 1.84. The lowest BCUT2D eigenvalue weighted by Gasteiger charge is -2.40. The topological polar surface area (TPSA) is 56.1 Å². The number of imidazole rings is 1. The van der Waals surface area contributed by atoms with Gasteiger partial charge in [-0.15, -0.1) is 0 Å². The summed E-state index contributed by atoms with van der Waals surface area (Å²) in [7, 11) is 1.77. The van der Waals surface area contributed by atoms with E-state index in [0.717, 1.165) is 24.9 Å². The van der Waals surface area contributed by atoms with Gasteiger partial charge >= 0.3 is 0 Å². The Morgan fingerprint density at radius 2 is 2.29 bits per heavy atom. The molecule has 2 aromatic heterocycles. The number of carbonyl (C=O) groups is 1. The summed E-state index contributed by atoms with van der Waals surface area (Å²) < 4.78 is 13.2. The highest BCUT2D eigenvalue weighted by Gasteiger charge is 2.40. The second-order valence-corrected chi connectivity index (χ2v) is 6.62. The number of hydrogen-bond donors (Lipinski definition) is 0. The smallest absolute Gasteiger partial charge is 0.255 e. The number of carbonyl (C=O) groups excluding carboxylic acids is 1. The molecule has 0 radical (unpaired) electrons. The van der Waals surface area contributed by atoms with Gasteiger partial charge in [-0.2, -0.15) is 0 Å². The lowest BCUT2D eigenvalue weighted by molar-refractivity contribution is -0.0460. The maximum Gasteiger partial charge on any atom is 0.255 e. The third kappa shape index (κ3) is 2.70. The zero-order chi connectivity index (χ0) is 16.5. The Bertz CT molecular complexity index is 729. The fourth-order valence-corrected chi connectivity index (χ4v) is 4.13. The van der Waals surface area contributed by atoms with Crippen LogP contribution in [0.3, 0.4) is 0 Å². The molecule has 3 atom stereocenters.